The van der Waals surface area contributed by atoms with Crippen molar-refractivity contribution < 1.29 is 9.50 Å². The van der Waals surface area contributed by atoms with Gasteiger partial charge in [-0.25, -0.2) is 4.39 Å². The highest BCUT2D eigenvalue weighted by Crippen LogP contribution is 2.22. The number of benzene rings is 1. The summed E-state index contributed by atoms with van der Waals surface area (Å²) in [6, 6.07) is 8.27. The molecule has 2 nitrogen and oxygen atoms in total. The summed E-state index contributed by atoms with van der Waals surface area (Å²) >= 11 is 7.30. The summed E-state index contributed by atoms with van der Waals surface area (Å²) in [7, 11) is 0. The van der Waals surface area contributed by atoms with Gasteiger partial charge in [0.15, 0.2) is 11.6 Å². The fourth-order valence-corrected chi connectivity index (χ4v) is 2.53. The van der Waals surface area contributed by atoms with Crippen LogP contribution >= 0.6 is 22.9 Å². The van der Waals surface area contributed by atoms with Gasteiger partial charge in [0, 0.05) is 23.5 Å². The summed E-state index contributed by atoms with van der Waals surface area (Å²) in [5.41, 5.74) is 0.549. The van der Waals surface area contributed by atoms with Crippen molar-refractivity contribution in [1.82, 2.24) is 5.32 Å². The molecule has 2 aromatic rings. The van der Waals surface area contributed by atoms with Gasteiger partial charge in [0.05, 0.1) is 4.34 Å². The SMILES string of the molecule is Oc1c(F)cccc1CNCc1ccc(Cl)s1. The number of rotatable bonds is 4. The Morgan fingerprint density at radius 3 is 2.76 bits per heavy atom. The molecule has 0 saturated carbocycles. The van der Waals surface area contributed by atoms with Crippen LogP contribution in [0.15, 0.2) is 30.3 Å². The van der Waals surface area contributed by atoms with Crippen LogP contribution < -0.4 is 5.32 Å². The molecular weight excluding hydrogens is 261 g/mol. The first-order chi connectivity index (χ1) is 8.16. The molecule has 0 radical (unpaired) electrons. The van der Waals surface area contributed by atoms with Gasteiger partial charge in [0.25, 0.3) is 0 Å². The van der Waals surface area contributed by atoms with Crippen LogP contribution in [0.1, 0.15) is 10.4 Å². The monoisotopic (exact) mass is 271 g/mol. The average Bonchev–Trinajstić information content (AvgIpc) is 2.70. The smallest absolute Gasteiger partial charge is 0.165 e. The quantitative estimate of drug-likeness (QED) is 0.892. The van der Waals surface area contributed by atoms with Gasteiger partial charge in [0.1, 0.15) is 0 Å². The molecule has 0 amide bonds. The van der Waals surface area contributed by atoms with E-state index in [0.717, 1.165) is 9.21 Å². The van der Waals surface area contributed by atoms with Gasteiger partial charge in [-0.05, 0) is 18.2 Å². The van der Waals surface area contributed by atoms with Gasteiger partial charge >= 0.3 is 0 Å². The second kappa shape index (κ2) is 5.49. The van der Waals surface area contributed by atoms with E-state index in [1.807, 2.05) is 12.1 Å². The lowest BCUT2D eigenvalue weighted by Gasteiger charge is -2.06. The third-order valence-corrected chi connectivity index (χ3v) is 3.55. The lowest BCUT2D eigenvalue weighted by Crippen LogP contribution is -2.12. The minimum absolute atomic E-state index is 0.288. The Morgan fingerprint density at radius 2 is 2.06 bits per heavy atom. The van der Waals surface area contributed by atoms with Crippen LogP contribution in [-0.2, 0) is 13.1 Å². The summed E-state index contributed by atoms with van der Waals surface area (Å²) in [6.07, 6.45) is 0. The number of phenols is 1. The third-order valence-electron chi connectivity index (χ3n) is 2.31. The zero-order valence-corrected chi connectivity index (χ0v) is 10.5. The maximum absolute atomic E-state index is 13.0. The van der Waals surface area contributed by atoms with E-state index < -0.39 is 5.82 Å². The van der Waals surface area contributed by atoms with Crippen molar-refractivity contribution in [3.8, 4) is 5.75 Å². The number of halogens is 2. The van der Waals surface area contributed by atoms with E-state index >= 15 is 0 Å². The molecule has 0 bridgehead atoms. The van der Waals surface area contributed by atoms with E-state index in [1.54, 1.807) is 12.1 Å². The van der Waals surface area contributed by atoms with Crippen LogP contribution in [0.4, 0.5) is 4.39 Å². The molecule has 0 aliphatic heterocycles. The number of thiophene rings is 1. The Bertz CT molecular complexity index is 515. The van der Waals surface area contributed by atoms with Gasteiger partial charge in [-0.15, -0.1) is 11.3 Å². The zero-order chi connectivity index (χ0) is 12.3. The lowest BCUT2D eigenvalue weighted by atomic mass is 10.2. The Morgan fingerprint density at radius 1 is 1.24 bits per heavy atom. The molecule has 5 heteroatoms. The van der Waals surface area contributed by atoms with Crippen LogP contribution in [0.2, 0.25) is 4.34 Å². The molecule has 2 N–H and O–H groups in total. The van der Waals surface area contributed by atoms with Crippen LogP contribution in [0.25, 0.3) is 0 Å². The van der Waals surface area contributed by atoms with Gasteiger partial charge in [-0.1, -0.05) is 23.7 Å². The van der Waals surface area contributed by atoms with E-state index in [9.17, 15) is 9.50 Å². The predicted octanol–water partition coefficient (Wildman–Crippen LogP) is 3.54. The fourth-order valence-electron chi connectivity index (χ4n) is 1.47. The Hall–Kier alpha value is -1.10. The summed E-state index contributed by atoms with van der Waals surface area (Å²) in [6.45, 7) is 1.06. The van der Waals surface area contributed by atoms with Crippen LogP contribution in [0, 0.1) is 5.82 Å². The number of hydrogen-bond acceptors (Lipinski definition) is 3. The predicted molar refractivity (Wildman–Crippen MR) is 67.9 cm³/mol. The molecule has 0 aliphatic carbocycles. The topological polar surface area (TPSA) is 32.3 Å². The first-order valence-electron chi connectivity index (χ1n) is 5.08. The van der Waals surface area contributed by atoms with Crippen LogP contribution in [0.5, 0.6) is 5.75 Å². The molecule has 0 spiro atoms. The van der Waals surface area contributed by atoms with Gasteiger partial charge in [0.2, 0.25) is 0 Å². The first kappa shape index (κ1) is 12.4. The summed E-state index contributed by atoms with van der Waals surface area (Å²) < 4.78 is 13.8. The van der Waals surface area contributed by atoms with E-state index in [1.165, 1.54) is 17.4 Å². The first-order valence-corrected chi connectivity index (χ1v) is 6.27. The average molecular weight is 272 g/mol. The molecule has 2 rings (SSSR count). The van der Waals surface area contributed by atoms with Crippen molar-refractivity contribution in [2.24, 2.45) is 0 Å². The Labute approximate surface area is 108 Å². The van der Waals surface area contributed by atoms with Gasteiger partial charge in [-0.2, -0.15) is 0 Å². The van der Waals surface area contributed by atoms with Crippen molar-refractivity contribution in [2.45, 2.75) is 13.1 Å². The zero-order valence-electron chi connectivity index (χ0n) is 8.91. The molecule has 0 atom stereocenters. The second-order valence-electron chi connectivity index (χ2n) is 3.56. The highest BCUT2D eigenvalue weighted by Gasteiger charge is 2.05. The second-order valence-corrected chi connectivity index (χ2v) is 5.36. The number of nitrogens with one attached hydrogen (secondary N) is 1. The highest BCUT2D eigenvalue weighted by atomic mass is 35.5. The summed E-state index contributed by atoms with van der Waals surface area (Å²) in [5, 5.41) is 12.6. The molecule has 0 fully saturated rings. The highest BCUT2D eigenvalue weighted by molar-refractivity contribution is 7.16. The molecule has 90 valence electrons. The Balaban J connectivity index is 1.92. The van der Waals surface area contributed by atoms with Crippen molar-refractivity contribution in [3.05, 3.63) is 50.9 Å². The molecular formula is C12H11ClFNOS. The van der Waals surface area contributed by atoms with E-state index in [0.29, 0.717) is 18.7 Å². The van der Waals surface area contributed by atoms with E-state index in [4.69, 9.17) is 11.6 Å². The third kappa shape index (κ3) is 3.19. The summed E-state index contributed by atoms with van der Waals surface area (Å²) in [5.74, 6) is -0.882. The minimum atomic E-state index is -0.594. The molecule has 1 aromatic carbocycles. The maximum atomic E-state index is 13.0. The normalized spacial score (nSPS) is 10.7. The van der Waals surface area contributed by atoms with Gasteiger partial charge < -0.3 is 10.4 Å². The largest absolute Gasteiger partial charge is 0.505 e. The van der Waals surface area contributed by atoms with Crippen molar-refractivity contribution in [3.63, 3.8) is 0 Å². The molecule has 1 aromatic heterocycles. The minimum Gasteiger partial charge on any atom is -0.505 e. The lowest BCUT2D eigenvalue weighted by molar-refractivity contribution is 0.423. The van der Waals surface area contributed by atoms with Crippen molar-refractivity contribution in [2.75, 3.05) is 0 Å². The van der Waals surface area contributed by atoms with Crippen molar-refractivity contribution >= 4 is 22.9 Å². The number of para-hydroxylation sites is 1. The van der Waals surface area contributed by atoms with E-state index in [-0.39, 0.29) is 5.75 Å². The van der Waals surface area contributed by atoms with Crippen LogP contribution in [0.3, 0.4) is 0 Å². The molecule has 1 heterocycles. The summed E-state index contributed by atoms with van der Waals surface area (Å²) in [4.78, 5) is 1.10. The number of hydrogen-bond donors (Lipinski definition) is 2. The fraction of sp³-hybridized carbons (Fsp3) is 0.167. The molecule has 0 unspecified atom stereocenters. The maximum Gasteiger partial charge on any atom is 0.165 e. The number of aromatic hydroxyl groups is 1. The molecule has 0 aliphatic rings. The molecule has 17 heavy (non-hydrogen) atoms. The van der Waals surface area contributed by atoms with E-state index in [2.05, 4.69) is 5.32 Å². The Kier molecular flexibility index (Phi) is 3.99. The van der Waals surface area contributed by atoms with Crippen LogP contribution in [-0.4, -0.2) is 5.11 Å². The van der Waals surface area contributed by atoms with Crippen molar-refractivity contribution in [1.29, 1.82) is 0 Å². The van der Waals surface area contributed by atoms with Gasteiger partial charge in [-0.3, -0.25) is 0 Å². The standard InChI is InChI=1S/C12H11ClFNOS/c13-11-5-4-9(17-11)7-15-6-8-2-1-3-10(14)12(8)16/h1-5,15-16H,6-7H2. The molecule has 0 saturated heterocycles. The number of phenolic OH excluding ortho intramolecular Hbond substituents is 1.